The van der Waals surface area contributed by atoms with E-state index < -0.39 is 6.04 Å². The van der Waals surface area contributed by atoms with E-state index in [9.17, 15) is 14.7 Å². The van der Waals surface area contributed by atoms with Gasteiger partial charge in [0.1, 0.15) is 16.6 Å². The molecule has 0 saturated carbocycles. The molecule has 0 saturated heterocycles. The molecule has 0 aliphatic heterocycles. The zero-order valence-corrected chi connectivity index (χ0v) is 15.1. The van der Waals surface area contributed by atoms with Crippen LogP contribution in [0.4, 0.5) is 5.69 Å². The first-order valence-corrected chi connectivity index (χ1v) is 8.80. The van der Waals surface area contributed by atoms with E-state index in [0.717, 1.165) is 10.4 Å². The molecule has 3 rings (SSSR count). The number of rotatable bonds is 4. The lowest BCUT2D eigenvalue weighted by molar-refractivity contribution is -0.119. The third-order valence-electron chi connectivity index (χ3n) is 4.27. The summed E-state index contributed by atoms with van der Waals surface area (Å²) in [6.07, 6.45) is 1.91. The van der Waals surface area contributed by atoms with Gasteiger partial charge in [-0.05, 0) is 50.1 Å². The Kier molecular flexibility index (Phi) is 4.59. The summed E-state index contributed by atoms with van der Waals surface area (Å²) in [6, 6.07) is 5.55. The number of carbonyl (C=O) groups is 1. The monoisotopic (exact) mass is 357 g/mol. The third kappa shape index (κ3) is 3.15. The minimum Gasteiger partial charge on any atom is -0.508 e. The topological polar surface area (TPSA) is 84.2 Å². The number of nitrogens with one attached hydrogen (secondary N) is 1. The van der Waals surface area contributed by atoms with E-state index in [-0.39, 0.29) is 17.2 Å². The molecule has 2 N–H and O–H groups in total. The number of hydrogen-bond acceptors (Lipinski definition) is 5. The summed E-state index contributed by atoms with van der Waals surface area (Å²) in [5, 5.41) is 12.7. The van der Waals surface area contributed by atoms with Gasteiger partial charge in [-0.25, -0.2) is 4.98 Å². The van der Waals surface area contributed by atoms with Crippen LogP contribution in [-0.4, -0.2) is 20.6 Å². The fourth-order valence-corrected chi connectivity index (χ4v) is 3.74. The lowest BCUT2D eigenvalue weighted by Gasteiger charge is -2.17. The first kappa shape index (κ1) is 17.2. The average Bonchev–Trinajstić information content (AvgIpc) is 2.88. The molecule has 130 valence electrons. The molecule has 0 bridgehead atoms. The number of phenolic OH excluding ortho intramolecular Hbond substituents is 1. The van der Waals surface area contributed by atoms with Crippen molar-refractivity contribution in [2.24, 2.45) is 0 Å². The van der Waals surface area contributed by atoms with Gasteiger partial charge in [-0.2, -0.15) is 0 Å². The zero-order valence-electron chi connectivity index (χ0n) is 14.2. The van der Waals surface area contributed by atoms with E-state index in [2.05, 4.69) is 10.3 Å². The van der Waals surface area contributed by atoms with Gasteiger partial charge >= 0.3 is 0 Å². The van der Waals surface area contributed by atoms with Gasteiger partial charge in [-0.3, -0.25) is 14.2 Å². The Labute approximate surface area is 148 Å². The number of hydrogen-bond donors (Lipinski definition) is 2. The molecule has 25 heavy (non-hydrogen) atoms. The summed E-state index contributed by atoms with van der Waals surface area (Å²) in [4.78, 5) is 31.6. The average molecular weight is 357 g/mol. The van der Waals surface area contributed by atoms with Gasteiger partial charge < -0.3 is 10.4 Å². The molecule has 1 atom stereocenters. The highest BCUT2D eigenvalue weighted by molar-refractivity contribution is 7.18. The highest BCUT2D eigenvalue weighted by Gasteiger charge is 2.22. The number of fused-ring (bicyclic) bond motifs is 1. The van der Waals surface area contributed by atoms with Crippen molar-refractivity contribution in [2.45, 2.75) is 33.2 Å². The first-order chi connectivity index (χ1) is 11.9. The summed E-state index contributed by atoms with van der Waals surface area (Å²) in [5.74, 6) is -0.166. The molecule has 1 amide bonds. The van der Waals surface area contributed by atoms with Crippen molar-refractivity contribution in [3.05, 3.63) is 51.4 Å². The molecule has 0 radical (unpaired) electrons. The predicted octanol–water partition coefficient (Wildman–Crippen LogP) is 3.37. The van der Waals surface area contributed by atoms with Crippen LogP contribution in [0.15, 0.2) is 35.4 Å². The van der Waals surface area contributed by atoms with Gasteiger partial charge in [0.05, 0.1) is 11.7 Å². The van der Waals surface area contributed by atoms with Crippen LogP contribution in [0.1, 0.15) is 29.8 Å². The molecule has 2 aromatic heterocycles. The number of carbonyl (C=O) groups excluding carboxylic acids is 1. The maximum Gasteiger partial charge on any atom is 0.263 e. The Bertz CT molecular complexity index is 989. The molecule has 1 aromatic carbocycles. The summed E-state index contributed by atoms with van der Waals surface area (Å²) in [7, 11) is 0. The van der Waals surface area contributed by atoms with Gasteiger partial charge in [0, 0.05) is 10.6 Å². The molecule has 3 aromatic rings. The molecule has 0 fully saturated rings. The largest absolute Gasteiger partial charge is 0.508 e. The van der Waals surface area contributed by atoms with Crippen molar-refractivity contribution in [3.8, 4) is 5.75 Å². The Morgan fingerprint density at radius 3 is 2.64 bits per heavy atom. The summed E-state index contributed by atoms with van der Waals surface area (Å²) in [6.45, 7) is 5.71. The number of thiophene rings is 1. The van der Waals surface area contributed by atoms with Gasteiger partial charge in [0.25, 0.3) is 5.56 Å². The highest BCUT2D eigenvalue weighted by Crippen LogP contribution is 2.26. The number of amides is 1. The van der Waals surface area contributed by atoms with E-state index >= 15 is 0 Å². The quantitative estimate of drug-likeness (QED) is 0.701. The third-order valence-corrected chi connectivity index (χ3v) is 5.39. The van der Waals surface area contributed by atoms with Crippen molar-refractivity contribution < 1.29 is 9.90 Å². The second-order valence-electron chi connectivity index (χ2n) is 5.88. The minimum absolute atomic E-state index is 0.124. The van der Waals surface area contributed by atoms with Gasteiger partial charge in [-0.15, -0.1) is 11.3 Å². The molecule has 6 nitrogen and oxygen atoms in total. The van der Waals surface area contributed by atoms with Crippen LogP contribution in [0.25, 0.3) is 10.2 Å². The molecule has 0 aliphatic rings. The Morgan fingerprint density at radius 2 is 2.00 bits per heavy atom. The SMILES string of the molecule is CCC(C(=O)Nc1ccc(O)cc1)n1cnc2sc(C)c(C)c2c1=O. The van der Waals surface area contributed by atoms with E-state index in [4.69, 9.17) is 0 Å². The van der Waals surface area contributed by atoms with Gasteiger partial charge in [0.15, 0.2) is 0 Å². The maximum absolute atomic E-state index is 12.9. The van der Waals surface area contributed by atoms with Crippen molar-refractivity contribution >= 4 is 33.1 Å². The standard InChI is InChI=1S/C18H19N3O3S/c1-4-14(16(23)20-12-5-7-13(22)8-6-12)21-9-19-17-15(18(21)24)10(2)11(3)25-17/h5-9,14,22H,4H2,1-3H3,(H,20,23). The zero-order chi connectivity index (χ0) is 18.1. The van der Waals surface area contributed by atoms with E-state index in [1.165, 1.54) is 34.4 Å². The van der Waals surface area contributed by atoms with Gasteiger partial charge in [-0.1, -0.05) is 6.92 Å². The fraction of sp³-hybridized carbons (Fsp3) is 0.278. The molecule has 0 spiro atoms. The minimum atomic E-state index is -0.655. The number of aromatic hydroxyl groups is 1. The van der Waals surface area contributed by atoms with E-state index in [1.807, 2.05) is 20.8 Å². The van der Waals surface area contributed by atoms with E-state index in [0.29, 0.717) is 22.3 Å². The van der Waals surface area contributed by atoms with Crippen molar-refractivity contribution in [1.29, 1.82) is 0 Å². The molecule has 7 heteroatoms. The number of anilines is 1. The van der Waals surface area contributed by atoms with Crippen LogP contribution in [0.3, 0.4) is 0 Å². The second kappa shape index (κ2) is 6.68. The number of aryl methyl sites for hydroxylation is 2. The molecular formula is C18H19N3O3S. The Balaban J connectivity index is 1.97. The Hall–Kier alpha value is -2.67. The van der Waals surface area contributed by atoms with Crippen LogP contribution in [0.2, 0.25) is 0 Å². The maximum atomic E-state index is 12.9. The highest BCUT2D eigenvalue weighted by atomic mass is 32.1. The fourth-order valence-electron chi connectivity index (χ4n) is 2.75. The number of benzene rings is 1. The smallest absolute Gasteiger partial charge is 0.263 e. The summed E-state index contributed by atoms with van der Waals surface area (Å²) >= 11 is 1.48. The van der Waals surface area contributed by atoms with Gasteiger partial charge in [0.2, 0.25) is 5.91 Å². The van der Waals surface area contributed by atoms with Crippen molar-refractivity contribution in [2.75, 3.05) is 5.32 Å². The van der Waals surface area contributed by atoms with Crippen LogP contribution >= 0.6 is 11.3 Å². The predicted molar refractivity (Wildman–Crippen MR) is 99.4 cm³/mol. The molecule has 1 unspecified atom stereocenters. The Morgan fingerprint density at radius 1 is 1.32 bits per heavy atom. The number of aromatic nitrogens is 2. The number of phenols is 1. The molecular weight excluding hydrogens is 338 g/mol. The van der Waals surface area contributed by atoms with Crippen LogP contribution in [0, 0.1) is 13.8 Å². The normalized spacial score (nSPS) is 12.3. The summed E-state index contributed by atoms with van der Waals surface area (Å²) < 4.78 is 1.40. The van der Waals surface area contributed by atoms with E-state index in [1.54, 1.807) is 12.1 Å². The lowest BCUT2D eigenvalue weighted by atomic mass is 10.1. The second-order valence-corrected chi connectivity index (χ2v) is 7.08. The van der Waals surface area contributed by atoms with Crippen LogP contribution in [-0.2, 0) is 4.79 Å². The van der Waals surface area contributed by atoms with Crippen LogP contribution in [0.5, 0.6) is 5.75 Å². The first-order valence-electron chi connectivity index (χ1n) is 7.99. The lowest BCUT2D eigenvalue weighted by Crippen LogP contribution is -2.33. The molecule has 2 heterocycles. The number of nitrogens with zero attached hydrogens (tertiary/aromatic N) is 2. The van der Waals surface area contributed by atoms with Crippen molar-refractivity contribution in [1.82, 2.24) is 9.55 Å². The summed E-state index contributed by atoms with van der Waals surface area (Å²) in [5.41, 5.74) is 1.28. The van der Waals surface area contributed by atoms with Crippen LogP contribution < -0.4 is 10.9 Å². The molecule has 0 aliphatic carbocycles. The van der Waals surface area contributed by atoms with Crippen molar-refractivity contribution in [3.63, 3.8) is 0 Å².